The Balaban J connectivity index is 1.90. The molecule has 1 aliphatic carbocycles. The molecule has 0 saturated heterocycles. The van der Waals surface area contributed by atoms with Gasteiger partial charge in [0.1, 0.15) is 0 Å². The molecule has 0 radical (unpaired) electrons. The number of hydrogen-bond donors (Lipinski definition) is 1. The van der Waals surface area contributed by atoms with Crippen molar-refractivity contribution in [3.8, 4) is 0 Å². The van der Waals surface area contributed by atoms with Crippen molar-refractivity contribution in [2.45, 2.75) is 44.2 Å². The molecule has 0 aliphatic heterocycles. The first kappa shape index (κ1) is 14.5. The maximum Gasteiger partial charge on any atom is 0.224 e. The summed E-state index contributed by atoms with van der Waals surface area (Å²) in [6.45, 7) is 0.641. The summed E-state index contributed by atoms with van der Waals surface area (Å²) >= 11 is 3.41. The predicted molar refractivity (Wildman–Crippen MR) is 80.6 cm³/mol. The van der Waals surface area contributed by atoms with E-state index in [0.29, 0.717) is 13.0 Å². The molecule has 104 valence electrons. The summed E-state index contributed by atoms with van der Waals surface area (Å²) in [6.07, 6.45) is 4.73. The lowest BCUT2D eigenvalue weighted by Gasteiger charge is -2.26. The van der Waals surface area contributed by atoms with Crippen molar-refractivity contribution in [3.05, 3.63) is 34.3 Å². The lowest BCUT2D eigenvalue weighted by molar-refractivity contribution is -0.131. The number of amides is 1. The van der Waals surface area contributed by atoms with E-state index in [9.17, 15) is 4.79 Å². The Morgan fingerprint density at radius 1 is 1.32 bits per heavy atom. The van der Waals surface area contributed by atoms with Crippen LogP contribution in [0.2, 0.25) is 0 Å². The van der Waals surface area contributed by atoms with Gasteiger partial charge in [-0.2, -0.15) is 0 Å². The summed E-state index contributed by atoms with van der Waals surface area (Å²) in [7, 11) is 1.85. The summed E-state index contributed by atoms with van der Waals surface area (Å²) in [5.74, 6) is 0.146. The van der Waals surface area contributed by atoms with Crippen molar-refractivity contribution in [2.75, 3.05) is 7.05 Å². The Bertz CT molecular complexity index is 438. The third kappa shape index (κ3) is 4.05. The predicted octanol–water partition coefficient (Wildman–Crippen LogP) is 3.07. The van der Waals surface area contributed by atoms with Crippen LogP contribution in [0, 0.1) is 0 Å². The molecule has 0 atom stereocenters. The van der Waals surface area contributed by atoms with Crippen LogP contribution >= 0.6 is 15.9 Å². The van der Waals surface area contributed by atoms with Gasteiger partial charge in [-0.05, 0) is 30.5 Å². The summed E-state index contributed by atoms with van der Waals surface area (Å²) in [5, 5.41) is 0. The van der Waals surface area contributed by atoms with Crippen LogP contribution in [0.15, 0.2) is 28.7 Å². The molecule has 0 aromatic heterocycles. The number of carbonyl (C=O) groups excluding carboxylic acids is 1. The third-order valence-electron chi connectivity index (χ3n) is 3.86. The largest absolute Gasteiger partial charge is 0.341 e. The minimum atomic E-state index is -0.259. The molecular weight excluding hydrogens is 304 g/mol. The molecule has 4 heteroatoms. The van der Waals surface area contributed by atoms with E-state index in [1.807, 2.05) is 31.3 Å². The SMILES string of the molecule is CN(Cc1ccc(Br)cc1)C(=O)CC1(N)CCCC1. The zero-order valence-electron chi connectivity index (χ0n) is 11.4. The maximum absolute atomic E-state index is 12.2. The number of carbonyl (C=O) groups is 1. The molecular formula is C15H21BrN2O. The molecule has 1 aromatic carbocycles. The minimum Gasteiger partial charge on any atom is -0.341 e. The fourth-order valence-corrected chi connectivity index (χ4v) is 2.91. The number of nitrogens with zero attached hydrogens (tertiary/aromatic N) is 1. The van der Waals surface area contributed by atoms with E-state index in [-0.39, 0.29) is 11.4 Å². The van der Waals surface area contributed by atoms with Crippen LogP contribution in [0.3, 0.4) is 0 Å². The van der Waals surface area contributed by atoms with Crippen molar-refractivity contribution in [1.29, 1.82) is 0 Å². The van der Waals surface area contributed by atoms with Crippen LogP contribution in [-0.2, 0) is 11.3 Å². The fourth-order valence-electron chi connectivity index (χ4n) is 2.64. The highest BCUT2D eigenvalue weighted by Crippen LogP contribution is 2.30. The molecule has 0 bridgehead atoms. The van der Waals surface area contributed by atoms with E-state index in [1.54, 1.807) is 4.90 Å². The monoisotopic (exact) mass is 324 g/mol. The molecule has 1 aliphatic rings. The maximum atomic E-state index is 12.2. The van der Waals surface area contributed by atoms with Gasteiger partial charge in [-0.15, -0.1) is 0 Å². The normalized spacial score (nSPS) is 17.4. The molecule has 19 heavy (non-hydrogen) atoms. The van der Waals surface area contributed by atoms with Crippen molar-refractivity contribution in [1.82, 2.24) is 4.90 Å². The average molecular weight is 325 g/mol. The van der Waals surface area contributed by atoms with Crippen LogP contribution in [0.1, 0.15) is 37.7 Å². The van der Waals surface area contributed by atoms with Crippen LogP contribution in [0.4, 0.5) is 0 Å². The topological polar surface area (TPSA) is 46.3 Å². The Labute approximate surface area is 123 Å². The molecule has 1 fully saturated rings. The van der Waals surface area contributed by atoms with Gasteiger partial charge in [0.15, 0.2) is 0 Å². The van der Waals surface area contributed by atoms with Crippen molar-refractivity contribution < 1.29 is 4.79 Å². The number of nitrogens with two attached hydrogens (primary N) is 1. The first-order valence-corrected chi connectivity index (χ1v) is 7.55. The van der Waals surface area contributed by atoms with Crippen LogP contribution in [0.5, 0.6) is 0 Å². The molecule has 1 saturated carbocycles. The van der Waals surface area contributed by atoms with E-state index in [1.165, 1.54) is 0 Å². The van der Waals surface area contributed by atoms with Gasteiger partial charge < -0.3 is 10.6 Å². The molecule has 2 rings (SSSR count). The van der Waals surface area contributed by atoms with Crippen molar-refractivity contribution >= 4 is 21.8 Å². The molecule has 2 N–H and O–H groups in total. The highest BCUT2D eigenvalue weighted by molar-refractivity contribution is 9.10. The highest BCUT2D eigenvalue weighted by atomic mass is 79.9. The fraction of sp³-hybridized carbons (Fsp3) is 0.533. The van der Waals surface area contributed by atoms with Gasteiger partial charge >= 0.3 is 0 Å². The summed E-state index contributed by atoms with van der Waals surface area (Å²) in [5.41, 5.74) is 7.13. The Morgan fingerprint density at radius 3 is 2.47 bits per heavy atom. The average Bonchev–Trinajstić information content (AvgIpc) is 2.78. The van der Waals surface area contributed by atoms with Gasteiger partial charge in [-0.25, -0.2) is 0 Å². The molecule has 0 spiro atoms. The van der Waals surface area contributed by atoms with Gasteiger partial charge in [0.05, 0.1) is 0 Å². The summed E-state index contributed by atoms with van der Waals surface area (Å²) in [6, 6.07) is 8.05. The first-order valence-electron chi connectivity index (χ1n) is 6.76. The van der Waals surface area contributed by atoms with E-state index in [0.717, 1.165) is 35.7 Å². The lowest BCUT2D eigenvalue weighted by Crippen LogP contribution is -2.42. The Hall–Kier alpha value is -0.870. The third-order valence-corrected chi connectivity index (χ3v) is 4.39. The van der Waals surface area contributed by atoms with Gasteiger partial charge in [0.25, 0.3) is 0 Å². The number of benzene rings is 1. The zero-order valence-corrected chi connectivity index (χ0v) is 12.9. The highest BCUT2D eigenvalue weighted by Gasteiger charge is 2.32. The van der Waals surface area contributed by atoms with Gasteiger partial charge in [0.2, 0.25) is 5.91 Å². The molecule has 0 unspecified atom stereocenters. The van der Waals surface area contributed by atoms with E-state index in [2.05, 4.69) is 15.9 Å². The second-order valence-corrected chi connectivity index (χ2v) is 6.54. The molecule has 3 nitrogen and oxygen atoms in total. The summed E-state index contributed by atoms with van der Waals surface area (Å²) in [4.78, 5) is 14.0. The lowest BCUT2D eigenvalue weighted by atomic mass is 9.94. The minimum absolute atomic E-state index is 0.146. The molecule has 1 aromatic rings. The van der Waals surface area contributed by atoms with E-state index >= 15 is 0 Å². The molecule has 1 amide bonds. The van der Waals surface area contributed by atoms with Gasteiger partial charge in [0, 0.05) is 30.0 Å². The molecule has 0 heterocycles. The standard InChI is InChI=1S/C15H21BrN2O/c1-18(11-12-4-6-13(16)7-5-12)14(19)10-15(17)8-2-3-9-15/h4-7H,2-3,8-11,17H2,1H3. The van der Waals surface area contributed by atoms with E-state index in [4.69, 9.17) is 5.73 Å². The van der Waals surface area contributed by atoms with Crippen molar-refractivity contribution in [3.63, 3.8) is 0 Å². The second-order valence-electron chi connectivity index (χ2n) is 5.62. The number of rotatable bonds is 4. The summed E-state index contributed by atoms with van der Waals surface area (Å²) < 4.78 is 1.05. The number of hydrogen-bond acceptors (Lipinski definition) is 2. The first-order chi connectivity index (χ1) is 8.98. The van der Waals surface area contributed by atoms with E-state index < -0.39 is 0 Å². The van der Waals surface area contributed by atoms with Crippen LogP contribution in [0.25, 0.3) is 0 Å². The smallest absolute Gasteiger partial charge is 0.224 e. The van der Waals surface area contributed by atoms with Crippen LogP contribution < -0.4 is 5.73 Å². The van der Waals surface area contributed by atoms with Crippen molar-refractivity contribution in [2.24, 2.45) is 5.73 Å². The van der Waals surface area contributed by atoms with Gasteiger partial charge in [-0.3, -0.25) is 4.79 Å². The Morgan fingerprint density at radius 2 is 1.89 bits per heavy atom. The van der Waals surface area contributed by atoms with Crippen LogP contribution in [-0.4, -0.2) is 23.4 Å². The second kappa shape index (κ2) is 6.06. The Kier molecular flexibility index (Phi) is 4.63. The zero-order chi connectivity index (χ0) is 13.9. The number of halogens is 1. The van der Waals surface area contributed by atoms with Gasteiger partial charge in [-0.1, -0.05) is 40.9 Å². The quantitative estimate of drug-likeness (QED) is 0.925.